The van der Waals surface area contributed by atoms with E-state index in [-0.39, 0.29) is 6.17 Å². The highest BCUT2D eigenvalue weighted by molar-refractivity contribution is 5.78. The van der Waals surface area contributed by atoms with Crippen LogP contribution in [0.5, 0.6) is 0 Å². The maximum atomic E-state index is 6.03. The van der Waals surface area contributed by atoms with E-state index in [0.717, 1.165) is 24.1 Å². The summed E-state index contributed by atoms with van der Waals surface area (Å²) in [5.41, 5.74) is 8.09. The van der Waals surface area contributed by atoms with Gasteiger partial charge in [0.2, 0.25) is 5.95 Å². The van der Waals surface area contributed by atoms with E-state index in [0.29, 0.717) is 5.95 Å². The Morgan fingerprint density at radius 2 is 1.94 bits per heavy atom. The molecule has 1 heterocycles. The zero-order valence-corrected chi connectivity index (χ0v) is 10.7. The van der Waals surface area contributed by atoms with Crippen LogP contribution in [0.25, 0.3) is 11.0 Å². The van der Waals surface area contributed by atoms with Crippen molar-refractivity contribution in [1.82, 2.24) is 14.5 Å². The molecule has 2 rings (SSSR count). The SMILES string of the molecule is CCN(CC)C(C)n1c(N)nc2ccccc21. The summed E-state index contributed by atoms with van der Waals surface area (Å²) in [7, 11) is 0. The third kappa shape index (κ3) is 2.00. The molecular formula is C13H20N4. The van der Waals surface area contributed by atoms with Crippen LogP contribution in [0.4, 0.5) is 5.95 Å². The van der Waals surface area contributed by atoms with Crippen LogP contribution in [0.2, 0.25) is 0 Å². The van der Waals surface area contributed by atoms with Gasteiger partial charge in [0.25, 0.3) is 0 Å². The second-order valence-corrected chi connectivity index (χ2v) is 4.18. The summed E-state index contributed by atoms with van der Waals surface area (Å²) in [6, 6.07) is 8.08. The summed E-state index contributed by atoms with van der Waals surface area (Å²) >= 11 is 0. The first-order chi connectivity index (χ1) is 8.19. The van der Waals surface area contributed by atoms with Crippen molar-refractivity contribution in [2.75, 3.05) is 18.8 Å². The van der Waals surface area contributed by atoms with Gasteiger partial charge >= 0.3 is 0 Å². The Morgan fingerprint density at radius 1 is 1.29 bits per heavy atom. The lowest BCUT2D eigenvalue weighted by Crippen LogP contribution is -2.31. The van der Waals surface area contributed by atoms with Gasteiger partial charge in [0.1, 0.15) is 0 Å². The number of fused-ring (bicyclic) bond motifs is 1. The average molecular weight is 232 g/mol. The van der Waals surface area contributed by atoms with Gasteiger partial charge in [-0.25, -0.2) is 4.98 Å². The van der Waals surface area contributed by atoms with Crippen molar-refractivity contribution in [3.05, 3.63) is 24.3 Å². The minimum absolute atomic E-state index is 0.234. The zero-order chi connectivity index (χ0) is 12.4. The van der Waals surface area contributed by atoms with Crippen molar-refractivity contribution in [3.8, 4) is 0 Å². The largest absolute Gasteiger partial charge is 0.369 e. The Bertz CT molecular complexity index is 499. The first-order valence-electron chi connectivity index (χ1n) is 6.15. The number of nitrogen functional groups attached to an aromatic ring is 1. The van der Waals surface area contributed by atoms with Gasteiger partial charge in [-0.15, -0.1) is 0 Å². The van der Waals surface area contributed by atoms with Gasteiger partial charge in [-0.2, -0.15) is 0 Å². The molecule has 2 N–H and O–H groups in total. The van der Waals surface area contributed by atoms with E-state index in [1.807, 2.05) is 18.2 Å². The number of hydrogen-bond acceptors (Lipinski definition) is 3. The molecule has 1 aromatic heterocycles. The number of benzene rings is 1. The molecule has 2 aromatic rings. The van der Waals surface area contributed by atoms with Crippen molar-refractivity contribution in [1.29, 1.82) is 0 Å². The normalized spacial score (nSPS) is 13.4. The minimum atomic E-state index is 0.234. The van der Waals surface area contributed by atoms with Crippen molar-refractivity contribution in [3.63, 3.8) is 0 Å². The summed E-state index contributed by atoms with van der Waals surface area (Å²) in [6.45, 7) is 8.50. The number of anilines is 1. The predicted octanol–water partition coefficient (Wildman–Crippen LogP) is 2.48. The molecule has 0 radical (unpaired) electrons. The maximum absolute atomic E-state index is 6.03. The van der Waals surface area contributed by atoms with Crippen LogP contribution in [-0.4, -0.2) is 27.5 Å². The lowest BCUT2D eigenvalue weighted by molar-refractivity contribution is 0.178. The van der Waals surface area contributed by atoms with E-state index in [2.05, 4.69) is 41.3 Å². The van der Waals surface area contributed by atoms with Crippen molar-refractivity contribution in [2.45, 2.75) is 26.9 Å². The van der Waals surface area contributed by atoms with Crippen LogP contribution in [0.3, 0.4) is 0 Å². The molecule has 0 fully saturated rings. The fourth-order valence-corrected chi connectivity index (χ4v) is 2.37. The highest BCUT2D eigenvalue weighted by Crippen LogP contribution is 2.24. The second kappa shape index (κ2) is 4.75. The van der Waals surface area contributed by atoms with Gasteiger partial charge in [0.05, 0.1) is 17.2 Å². The fraction of sp³-hybridized carbons (Fsp3) is 0.462. The lowest BCUT2D eigenvalue weighted by atomic mass is 10.3. The van der Waals surface area contributed by atoms with Crippen LogP contribution >= 0.6 is 0 Å². The molecule has 4 nitrogen and oxygen atoms in total. The predicted molar refractivity (Wildman–Crippen MR) is 71.8 cm³/mol. The molecule has 0 aliphatic carbocycles. The number of aromatic nitrogens is 2. The van der Waals surface area contributed by atoms with Crippen LogP contribution in [0.1, 0.15) is 26.9 Å². The van der Waals surface area contributed by atoms with Crippen LogP contribution in [0, 0.1) is 0 Å². The molecule has 0 bridgehead atoms. The third-order valence-electron chi connectivity index (χ3n) is 3.34. The summed E-state index contributed by atoms with van der Waals surface area (Å²) in [4.78, 5) is 6.75. The van der Waals surface area contributed by atoms with E-state index in [1.54, 1.807) is 0 Å². The van der Waals surface area contributed by atoms with E-state index < -0.39 is 0 Å². The van der Waals surface area contributed by atoms with E-state index in [4.69, 9.17) is 5.73 Å². The highest BCUT2D eigenvalue weighted by Gasteiger charge is 2.17. The van der Waals surface area contributed by atoms with E-state index in [1.165, 1.54) is 0 Å². The van der Waals surface area contributed by atoms with Gasteiger partial charge in [0.15, 0.2) is 0 Å². The molecule has 0 saturated heterocycles. The summed E-state index contributed by atoms with van der Waals surface area (Å²) in [5.74, 6) is 0.589. The number of nitrogens with two attached hydrogens (primary N) is 1. The zero-order valence-electron chi connectivity index (χ0n) is 10.7. The van der Waals surface area contributed by atoms with Gasteiger partial charge < -0.3 is 5.73 Å². The number of hydrogen-bond donors (Lipinski definition) is 1. The number of nitrogens with zero attached hydrogens (tertiary/aromatic N) is 3. The number of para-hydroxylation sites is 2. The molecule has 0 aliphatic heterocycles. The molecule has 0 saturated carbocycles. The van der Waals surface area contributed by atoms with Crippen molar-refractivity contribution in [2.24, 2.45) is 0 Å². The molecule has 4 heteroatoms. The summed E-state index contributed by atoms with van der Waals surface area (Å²) < 4.78 is 2.10. The average Bonchev–Trinajstić information content (AvgIpc) is 2.66. The Morgan fingerprint density at radius 3 is 2.59 bits per heavy atom. The smallest absolute Gasteiger partial charge is 0.202 e. The molecule has 1 atom stereocenters. The lowest BCUT2D eigenvalue weighted by Gasteiger charge is -2.28. The van der Waals surface area contributed by atoms with Gasteiger partial charge in [-0.1, -0.05) is 26.0 Å². The van der Waals surface area contributed by atoms with Gasteiger partial charge in [-0.05, 0) is 32.1 Å². The molecule has 92 valence electrons. The standard InChI is InChI=1S/C13H20N4/c1-4-16(5-2)10(3)17-12-9-7-6-8-11(12)15-13(17)14/h6-10H,4-5H2,1-3H3,(H2,14,15). The Hall–Kier alpha value is -1.55. The van der Waals surface area contributed by atoms with Gasteiger partial charge in [-0.3, -0.25) is 9.47 Å². The fourth-order valence-electron chi connectivity index (χ4n) is 2.37. The second-order valence-electron chi connectivity index (χ2n) is 4.18. The van der Waals surface area contributed by atoms with Crippen molar-refractivity contribution < 1.29 is 0 Å². The molecular weight excluding hydrogens is 212 g/mol. The molecule has 0 amide bonds. The van der Waals surface area contributed by atoms with Gasteiger partial charge in [0, 0.05) is 0 Å². The molecule has 1 aromatic carbocycles. The summed E-state index contributed by atoms with van der Waals surface area (Å²) in [5, 5.41) is 0. The quantitative estimate of drug-likeness (QED) is 0.881. The number of rotatable bonds is 4. The highest BCUT2D eigenvalue weighted by atomic mass is 15.3. The number of imidazole rings is 1. The van der Waals surface area contributed by atoms with Crippen LogP contribution in [0.15, 0.2) is 24.3 Å². The Kier molecular flexibility index (Phi) is 3.33. The van der Waals surface area contributed by atoms with Crippen LogP contribution < -0.4 is 5.73 Å². The Labute approximate surface area is 102 Å². The molecule has 1 unspecified atom stereocenters. The van der Waals surface area contributed by atoms with E-state index in [9.17, 15) is 0 Å². The topological polar surface area (TPSA) is 47.1 Å². The van der Waals surface area contributed by atoms with E-state index >= 15 is 0 Å². The summed E-state index contributed by atoms with van der Waals surface area (Å²) in [6.07, 6.45) is 0.234. The first-order valence-corrected chi connectivity index (χ1v) is 6.15. The monoisotopic (exact) mass is 232 g/mol. The first kappa shape index (κ1) is 11.9. The van der Waals surface area contributed by atoms with Crippen molar-refractivity contribution >= 4 is 17.0 Å². The Balaban J connectivity index is 2.50. The van der Waals surface area contributed by atoms with Crippen LogP contribution in [-0.2, 0) is 0 Å². The maximum Gasteiger partial charge on any atom is 0.202 e. The molecule has 0 spiro atoms. The third-order valence-corrected chi connectivity index (χ3v) is 3.34. The molecule has 17 heavy (non-hydrogen) atoms. The molecule has 0 aliphatic rings. The minimum Gasteiger partial charge on any atom is -0.369 e.